The number of hydrogen-bond donors (Lipinski definition) is 5. The first kappa shape index (κ1) is 27.1. The van der Waals surface area contributed by atoms with E-state index in [4.69, 9.17) is 5.73 Å². The predicted molar refractivity (Wildman–Crippen MR) is 122 cm³/mol. The van der Waals surface area contributed by atoms with Crippen molar-refractivity contribution in [3.63, 3.8) is 0 Å². The summed E-state index contributed by atoms with van der Waals surface area (Å²) in [4.78, 5) is 48.7. The fraction of sp³-hybridized carbons (Fsp3) is 0.565. The lowest BCUT2D eigenvalue weighted by Crippen LogP contribution is -2.54. The zero-order valence-corrected chi connectivity index (χ0v) is 19.3. The molecule has 0 aromatic heterocycles. The molecule has 32 heavy (non-hydrogen) atoms. The second kappa shape index (κ2) is 13.5. The van der Waals surface area contributed by atoms with Crippen molar-refractivity contribution in [1.29, 1.82) is 0 Å². The molecule has 1 aromatic carbocycles. The fourth-order valence-electron chi connectivity index (χ4n) is 3.17. The molecule has 0 saturated heterocycles. The van der Waals surface area contributed by atoms with E-state index in [0.29, 0.717) is 12.8 Å². The van der Waals surface area contributed by atoms with Crippen LogP contribution >= 0.6 is 0 Å². The summed E-state index contributed by atoms with van der Waals surface area (Å²) in [5.41, 5.74) is 6.82. The number of rotatable bonds is 13. The molecule has 0 spiro atoms. The molecule has 1 aromatic rings. The minimum atomic E-state index is -1.12. The number of nitrogens with two attached hydrogens (primary N) is 1. The molecule has 0 bridgehead atoms. The summed E-state index contributed by atoms with van der Waals surface area (Å²) >= 11 is 0. The number of carboxylic acid groups (broad SMARTS) is 1. The molecule has 0 aliphatic rings. The second-order valence-electron chi connectivity index (χ2n) is 8.79. The van der Waals surface area contributed by atoms with Crippen LogP contribution in [0.25, 0.3) is 0 Å². The molecule has 9 heteroatoms. The third kappa shape index (κ3) is 10.4. The molecule has 6 N–H and O–H groups in total. The molecule has 3 amide bonds. The SMILES string of the molecule is CC(C)CC(NC(=O)C(CC(C)C)NC(=O)CNC(=O)C(N)Cc1ccccc1)C(=O)O. The van der Waals surface area contributed by atoms with Gasteiger partial charge in [0, 0.05) is 0 Å². The molecule has 178 valence electrons. The summed E-state index contributed by atoms with van der Waals surface area (Å²) in [6, 6.07) is 6.53. The van der Waals surface area contributed by atoms with Gasteiger partial charge in [-0.15, -0.1) is 0 Å². The lowest BCUT2D eigenvalue weighted by atomic mass is 10.0. The van der Waals surface area contributed by atoms with Crippen molar-refractivity contribution in [3.8, 4) is 0 Å². The maximum Gasteiger partial charge on any atom is 0.326 e. The molecule has 0 aliphatic carbocycles. The standard InChI is InChI=1S/C23H36N4O5/c1-14(2)10-18(22(30)27-19(23(31)32)11-15(3)4)26-20(28)13-25-21(29)17(24)12-16-8-6-5-7-9-16/h5-9,14-15,17-19H,10-13,24H2,1-4H3,(H,25,29)(H,26,28)(H,27,30)(H,31,32). The number of amides is 3. The van der Waals surface area contributed by atoms with Crippen LogP contribution in [0.3, 0.4) is 0 Å². The number of carbonyl (C=O) groups excluding carboxylic acids is 3. The Kier molecular flexibility index (Phi) is 11.4. The Labute approximate surface area is 189 Å². The van der Waals surface area contributed by atoms with Crippen molar-refractivity contribution >= 4 is 23.7 Å². The Balaban J connectivity index is 2.64. The van der Waals surface area contributed by atoms with Gasteiger partial charge in [0.25, 0.3) is 0 Å². The van der Waals surface area contributed by atoms with Gasteiger partial charge in [-0.25, -0.2) is 4.79 Å². The summed E-state index contributed by atoms with van der Waals surface area (Å²) in [7, 11) is 0. The average molecular weight is 449 g/mol. The summed E-state index contributed by atoms with van der Waals surface area (Å²) in [5, 5.41) is 16.9. The average Bonchev–Trinajstić information content (AvgIpc) is 2.70. The van der Waals surface area contributed by atoms with Crippen LogP contribution in [0.4, 0.5) is 0 Å². The van der Waals surface area contributed by atoms with E-state index in [1.807, 2.05) is 58.0 Å². The minimum absolute atomic E-state index is 0.0739. The maximum atomic E-state index is 12.7. The van der Waals surface area contributed by atoms with Gasteiger partial charge >= 0.3 is 5.97 Å². The Morgan fingerprint density at radius 2 is 1.44 bits per heavy atom. The first-order valence-electron chi connectivity index (χ1n) is 10.9. The predicted octanol–water partition coefficient (Wildman–Crippen LogP) is 0.819. The number of carbonyl (C=O) groups is 4. The Hall–Kier alpha value is -2.94. The van der Waals surface area contributed by atoms with Gasteiger partial charge in [0.15, 0.2) is 0 Å². The Bertz CT molecular complexity index is 767. The molecule has 3 atom stereocenters. The highest BCUT2D eigenvalue weighted by molar-refractivity contribution is 5.92. The van der Waals surface area contributed by atoms with Crippen molar-refractivity contribution in [1.82, 2.24) is 16.0 Å². The molecule has 9 nitrogen and oxygen atoms in total. The molecule has 0 radical (unpaired) electrons. The first-order valence-corrected chi connectivity index (χ1v) is 10.9. The lowest BCUT2D eigenvalue weighted by Gasteiger charge is -2.23. The molecule has 0 heterocycles. The van der Waals surface area contributed by atoms with Gasteiger partial charge in [0.1, 0.15) is 12.1 Å². The quantitative estimate of drug-likeness (QED) is 0.301. The monoisotopic (exact) mass is 448 g/mol. The van der Waals surface area contributed by atoms with Crippen LogP contribution < -0.4 is 21.7 Å². The van der Waals surface area contributed by atoms with E-state index in [9.17, 15) is 24.3 Å². The van der Waals surface area contributed by atoms with Crippen LogP contribution in [0.5, 0.6) is 0 Å². The lowest BCUT2D eigenvalue weighted by molar-refractivity contribution is -0.142. The zero-order chi connectivity index (χ0) is 24.3. The van der Waals surface area contributed by atoms with E-state index >= 15 is 0 Å². The van der Waals surface area contributed by atoms with Crippen LogP contribution in [0.2, 0.25) is 0 Å². The van der Waals surface area contributed by atoms with Gasteiger partial charge in [-0.3, -0.25) is 14.4 Å². The number of carboxylic acids is 1. The summed E-state index contributed by atoms with van der Waals surface area (Å²) in [5.74, 6) is -2.56. The first-order chi connectivity index (χ1) is 15.0. The highest BCUT2D eigenvalue weighted by atomic mass is 16.4. The van der Waals surface area contributed by atoms with E-state index in [-0.39, 0.29) is 24.8 Å². The third-order valence-corrected chi connectivity index (χ3v) is 4.74. The number of hydrogen-bond acceptors (Lipinski definition) is 5. The smallest absolute Gasteiger partial charge is 0.326 e. The van der Waals surface area contributed by atoms with Crippen LogP contribution in [0.1, 0.15) is 46.1 Å². The van der Waals surface area contributed by atoms with E-state index < -0.39 is 41.8 Å². The van der Waals surface area contributed by atoms with Crippen molar-refractivity contribution in [2.75, 3.05) is 6.54 Å². The molecule has 0 saturated carbocycles. The molecule has 1 rings (SSSR count). The van der Waals surface area contributed by atoms with Crippen molar-refractivity contribution in [2.24, 2.45) is 17.6 Å². The van der Waals surface area contributed by atoms with Gasteiger partial charge in [-0.2, -0.15) is 0 Å². The van der Waals surface area contributed by atoms with Crippen LogP contribution in [0.15, 0.2) is 30.3 Å². The number of benzene rings is 1. The zero-order valence-electron chi connectivity index (χ0n) is 19.3. The highest BCUT2D eigenvalue weighted by Crippen LogP contribution is 2.09. The summed E-state index contributed by atoms with van der Waals surface area (Å²) in [6.07, 6.45) is 0.935. The van der Waals surface area contributed by atoms with Gasteiger partial charge < -0.3 is 26.8 Å². The maximum absolute atomic E-state index is 12.7. The van der Waals surface area contributed by atoms with Crippen LogP contribution in [-0.4, -0.2) is 53.5 Å². The normalized spacial score (nSPS) is 13.8. The van der Waals surface area contributed by atoms with Gasteiger partial charge in [0.05, 0.1) is 12.6 Å². The molecular formula is C23H36N4O5. The van der Waals surface area contributed by atoms with Gasteiger partial charge in [-0.05, 0) is 36.7 Å². The van der Waals surface area contributed by atoms with E-state index in [1.165, 1.54) is 0 Å². The minimum Gasteiger partial charge on any atom is -0.480 e. The highest BCUT2D eigenvalue weighted by Gasteiger charge is 2.27. The largest absolute Gasteiger partial charge is 0.480 e. The molecule has 3 unspecified atom stereocenters. The van der Waals surface area contributed by atoms with Crippen molar-refractivity contribution < 1.29 is 24.3 Å². The Morgan fingerprint density at radius 1 is 0.875 bits per heavy atom. The third-order valence-electron chi connectivity index (χ3n) is 4.74. The van der Waals surface area contributed by atoms with Crippen molar-refractivity contribution in [2.45, 2.75) is 65.1 Å². The number of nitrogens with one attached hydrogen (secondary N) is 3. The van der Waals surface area contributed by atoms with Crippen LogP contribution in [0, 0.1) is 11.8 Å². The van der Waals surface area contributed by atoms with Gasteiger partial charge in [-0.1, -0.05) is 58.0 Å². The molecule has 0 fully saturated rings. The summed E-state index contributed by atoms with van der Waals surface area (Å²) < 4.78 is 0. The fourth-order valence-corrected chi connectivity index (χ4v) is 3.17. The van der Waals surface area contributed by atoms with Crippen molar-refractivity contribution in [3.05, 3.63) is 35.9 Å². The van der Waals surface area contributed by atoms with E-state index in [1.54, 1.807) is 0 Å². The number of aliphatic carboxylic acids is 1. The van der Waals surface area contributed by atoms with E-state index in [2.05, 4.69) is 16.0 Å². The second-order valence-corrected chi connectivity index (χ2v) is 8.79. The molecule has 0 aliphatic heterocycles. The summed E-state index contributed by atoms with van der Waals surface area (Å²) in [6.45, 7) is 7.16. The van der Waals surface area contributed by atoms with E-state index in [0.717, 1.165) is 5.56 Å². The Morgan fingerprint density at radius 3 is 1.97 bits per heavy atom. The topological polar surface area (TPSA) is 151 Å². The van der Waals surface area contributed by atoms with Crippen LogP contribution in [-0.2, 0) is 25.6 Å². The van der Waals surface area contributed by atoms with Gasteiger partial charge in [0.2, 0.25) is 17.7 Å². The molecular weight excluding hydrogens is 412 g/mol.